The maximum atomic E-state index is 12.2. The second-order valence-corrected chi connectivity index (χ2v) is 5.39. The number of hydrogen-bond acceptors (Lipinski definition) is 5. The van der Waals surface area contributed by atoms with Crippen molar-refractivity contribution in [1.82, 2.24) is 15.6 Å². The number of halogens is 3. The van der Waals surface area contributed by atoms with Crippen LogP contribution in [-0.4, -0.2) is 41.3 Å². The Kier molecular flexibility index (Phi) is 5.29. The first-order valence-electron chi connectivity index (χ1n) is 6.18. The zero-order valence-electron chi connectivity index (χ0n) is 10.9. The Labute approximate surface area is 123 Å². The van der Waals surface area contributed by atoms with E-state index in [1.165, 1.54) is 6.20 Å². The van der Waals surface area contributed by atoms with Crippen molar-refractivity contribution in [3.8, 4) is 5.88 Å². The fourth-order valence-electron chi connectivity index (χ4n) is 1.71. The van der Waals surface area contributed by atoms with Gasteiger partial charge in [0, 0.05) is 29.9 Å². The third-order valence-electron chi connectivity index (χ3n) is 2.71. The van der Waals surface area contributed by atoms with Crippen molar-refractivity contribution in [2.75, 3.05) is 18.2 Å². The summed E-state index contributed by atoms with van der Waals surface area (Å²) >= 11 is 1.61. The minimum atomic E-state index is -4.43. The molecule has 0 saturated carbocycles. The average Bonchev–Trinajstić information content (AvgIpc) is 2.96. The second-order valence-electron chi connectivity index (χ2n) is 4.36. The van der Waals surface area contributed by atoms with E-state index in [0.29, 0.717) is 17.2 Å². The molecular formula is C12H14F3N3O2S. The Morgan fingerprint density at radius 3 is 3.05 bits per heavy atom. The number of rotatable bonds is 5. The van der Waals surface area contributed by atoms with Crippen molar-refractivity contribution >= 4 is 17.7 Å². The van der Waals surface area contributed by atoms with Crippen LogP contribution in [0.1, 0.15) is 5.56 Å². The van der Waals surface area contributed by atoms with Crippen LogP contribution in [0.25, 0.3) is 0 Å². The molecule has 5 nitrogen and oxygen atoms in total. The molecule has 1 amide bonds. The summed E-state index contributed by atoms with van der Waals surface area (Å²) in [5.74, 6) is 1.08. The minimum Gasteiger partial charge on any atom is -0.468 e. The van der Waals surface area contributed by atoms with Gasteiger partial charge in [-0.3, -0.25) is 10.1 Å². The normalized spacial score (nSPS) is 18.5. The SMILES string of the molecule is O=C(NCc1cccnc1OCC(F)(F)F)C1CSCN1. The third kappa shape index (κ3) is 5.09. The molecule has 2 N–H and O–H groups in total. The topological polar surface area (TPSA) is 63.2 Å². The molecule has 116 valence electrons. The van der Waals surface area contributed by atoms with E-state index in [-0.39, 0.29) is 24.4 Å². The lowest BCUT2D eigenvalue weighted by atomic mass is 10.2. The maximum Gasteiger partial charge on any atom is 0.422 e. The van der Waals surface area contributed by atoms with Gasteiger partial charge in [-0.25, -0.2) is 4.98 Å². The number of hydrogen-bond donors (Lipinski definition) is 2. The molecule has 0 spiro atoms. The molecule has 1 unspecified atom stereocenters. The van der Waals surface area contributed by atoms with E-state index >= 15 is 0 Å². The fourth-order valence-corrected chi connectivity index (χ4v) is 2.65. The minimum absolute atomic E-state index is 0.0721. The van der Waals surface area contributed by atoms with Crippen LogP contribution in [0, 0.1) is 0 Å². The average molecular weight is 321 g/mol. The number of amides is 1. The summed E-state index contributed by atoms with van der Waals surface area (Å²) < 4.78 is 41.1. The zero-order chi connectivity index (χ0) is 15.3. The molecule has 1 aliphatic heterocycles. The lowest BCUT2D eigenvalue weighted by Gasteiger charge is -2.14. The standard InChI is InChI=1S/C12H14F3N3O2S/c13-12(14,15)6-20-11-8(2-1-3-16-11)4-17-10(19)9-5-21-7-18-9/h1-3,9,18H,4-7H2,(H,17,19). The van der Waals surface area contributed by atoms with Crippen LogP contribution in [0.4, 0.5) is 13.2 Å². The first kappa shape index (κ1) is 15.9. The lowest BCUT2D eigenvalue weighted by molar-refractivity contribution is -0.154. The summed E-state index contributed by atoms with van der Waals surface area (Å²) in [5, 5.41) is 5.67. The predicted molar refractivity (Wildman–Crippen MR) is 71.9 cm³/mol. The predicted octanol–water partition coefficient (Wildman–Crippen LogP) is 1.30. The molecular weight excluding hydrogens is 307 g/mol. The molecule has 9 heteroatoms. The number of carbonyl (C=O) groups is 1. The summed E-state index contributed by atoms with van der Waals surface area (Å²) in [7, 11) is 0. The highest BCUT2D eigenvalue weighted by atomic mass is 32.2. The van der Waals surface area contributed by atoms with Crippen molar-refractivity contribution in [2.24, 2.45) is 0 Å². The summed E-state index contributed by atoms with van der Waals surface area (Å²) in [6.07, 6.45) is -3.09. The van der Waals surface area contributed by atoms with Gasteiger partial charge in [-0.2, -0.15) is 13.2 Å². The molecule has 1 aliphatic rings. The summed E-state index contributed by atoms with van der Waals surface area (Å²) in [6.45, 7) is -1.34. The number of nitrogens with one attached hydrogen (secondary N) is 2. The van der Waals surface area contributed by atoms with Crippen LogP contribution in [0.5, 0.6) is 5.88 Å². The van der Waals surface area contributed by atoms with E-state index in [9.17, 15) is 18.0 Å². The number of thioether (sulfide) groups is 1. The Balaban J connectivity index is 1.91. The molecule has 2 heterocycles. The molecule has 1 fully saturated rings. The van der Waals surface area contributed by atoms with E-state index < -0.39 is 12.8 Å². The fraction of sp³-hybridized carbons (Fsp3) is 0.500. The van der Waals surface area contributed by atoms with E-state index in [0.717, 1.165) is 0 Å². The number of carbonyl (C=O) groups excluding carboxylic acids is 1. The largest absolute Gasteiger partial charge is 0.468 e. The quantitative estimate of drug-likeness (QED) is 0.856. The van der Waals surface area contributed by atoms with Gasteiger partial charge in [0.05, 0.1) is 6.04 Å². The van der Waals surface area contributed by atoms with E-state index in [1.807, 2.05) is 0 Å². The van der Waals surface area contributed by atoms with Crippen LogP contribution in [-0.2, 0) is 11.3 Å². The van der Waals surface area contributed by atoms with E-state index in [1.54, 1.807) is 23.9 Å². The monoisotopic (exact) mass is 321 g/mol. The van der Waals surface area contributed by atoms with Gasteiger partial charge in [0.25, 0.3) is 0 Å². The number of alkyl halides is 3. The van der Waals surface area contributed by atoms with Gasteiger partial charge < -0.3 is 10.1 Å². The van der Waals surface area contributed by atoms with Crippen molar-refractivity contribution < 1.29 is 22.7 Å². The number of ether oxygens (including phenoxy) is 1. The molecule has 1 aromatic heterocycles. The number of nitrogens with zero attached hydrogens (tertiary/aromatic N) is 1. The van der Waals surface area contributed by atoms with Gasteiger partial charge in [0.2, 0.25) is 11.8 Å². The number of pyridine rings is 1. The van der Waals surface area contributed by atoms with Crippen molar-refractivity contribution in [1.29, 1.82) is 0 Å². The molecule has 0 aliphatic carbocycles. The van der Waals surface area contributed by atoms with Gasteiger partial charge >= 0.3 is 6.18 Å². The Morgan fingerprint density at radius 1 is 1.57 bits per heavy atom. The highest BCUT2D eigenvalue weighted by Gasteiger charge is 2.29. The van der Waals surface area contributed by atoms with Crippen molar-refractivity contribution in [3.05, 3.63) is 23.9 Å². The second kappa shape index (κ2) is 6.99. The Bertz CT molecular complexity index is 493. The molecule has 21 heavy (non-hydrogen) atoms. The number of aromatic nitrogens is 1. The molecule has 0 radical (unpaired) electrons. The lowest BCUT2D eigenvalue weighted by Crippen LogP contribution is -2.41. The molecule has 1 atom stereocenters. The maximum absolute atomic E-state index is 12.2. The van der Waals surface area contributed by atoms with Gasteiger partial charge in [0.15, 0.2) is 6.61 Å². The Morgan fingerprint density at radius 2 is 2.38 bits per heavy atom. The summed E-state index contributed by atoms with van der Waals surface area (Å²) in [4.78, 5) is 15.6. The Hall–Kier alpha value is -1.48. The van der Waals surface area contributed by atoms with Crippen LogP contribution >= 0.6 is 11.8 Å². The molecule has 1 saturated heterocycles. The zero-order valence-corrected chi connectivity index (χ0v) is 11.8. The molecule has 2 rings (SSSR count). The van der Waals surface area contributed by atoms with Crippen molar-refractivity contribution in [2.45, 2.75) is 18.8 Å². The molecule has 0 aromatic carbocycles. The molecule has 0 bridgehead atoms. The van der Waals surface area contributed by atoms with E-state index in [2.05, 4.69) is 20.4 Å². The van der Waals surface area contributed by atoms with Crippen LogP contribution in [0.15, 0.2) is 18.3 Å². The van der Waals surface area contributed by atoms with Gasteiger partial charge in [-0.15, -0.1) is 11.8 Å². The first-order valence-corrected chi connectivity index (χ1v) is 7.33. The summed E-state index contributed by atoms with van der Waals surface area (Å²) in [5.41, 5.74) is 0.403. The highest BCUT2D eigenvalue weighted by molar-refractivity contribution is 7.99. The van der Waals surface area contributed by atoms with Crippen LogP contribution in [0.2, 0.25) is 0 Å². The van der Waals surface area contributed by atoms with Crippen LogP contribution < -0.4 is 15.4 Å². The molecule has 1 aromatic rings. The van der Waals surface area contributed by atoms with Gasteiger partial charge in [-0.1, -0.05) is 6.07 Å². The van der Waals surface area contributed by atoms with Crippen molar-refractivity contribution in [3.63, 3.8) is 0 Å². The van der Waals surface area contributed by atoms with Gasteiger partial charge in [0.1, 0.15) is 0 Å². The smallest absolute Gasteiger partial charge is 0.422 e. The van der Waals surface area contributed by atoms with Gasteiger partial charge in [-0.05, 0) is 6.07 Å². The van der Waals surface area contributed by atoms with Crippen LogP contribution in [0.3, 0.4) is 0 Å². The van der Waals surface area contributed by atoms with E-state index in [4.69, 9.17) is 0 Å². The first-order chi connectivity index (χ1) is 9.96. The summed E-state index contributed by atoms with van der Waals surface area (Å²) in [6, 6.07) is 2.87. The highest BCUT2D eigenvalue weighted by Crippen LogP contribution is 2.20. The third-order valence-corrected chi connectivity index (χ3v) is 3.65.